The minimum Gasteiger partial charge on any atom is -0.376 e. The van der Waals surface area contributed by atoms with Crippen LogP contribution in [0.2, 0.25) is 0 Å². The number of H-pyrrole nitrogens is 1. The first-order valence-electron chi connectivity index (χ1n) is 6.02. The van der Waals surface area contributed by atoms with Crippen LogP contribution in [-0.2, 0) is 11.3 Å². The molecule has 0 fully saturated rings. The Morgan fingerprint density at radius 2 is 2.19 bits per heavy atom. The Kier molecular flexibility index (Phi) is 3.30. The molecular weight excluding hydrogens is 198 g/mol. The summed E-state index contributed by atoms with van der Waals surface area (Å²) in [5, 5.41) is 1.28. The van der Waals surface area contributed by atoms with Crippen molar-refractivity contribution in [2.45, 2.75) is 33.3 Å². The Bertz CT molecular complexity index is 478. The molecule has 0 aliphatic carbocycles. The molecule has 0 amide bonds. The van der Waals surface area contributed by atoms with E-state index in [0.717, 1.165) is 13.2 Å². The Morgan fingerprint density at radius 3 is 3.00 bits per heavy atom. The molecule has 1 aromatic heterocycles. The number of aromatic nitrogens is 1. The molecule has 3 rings (SSSR count). The zero-order chi connectivity index (χ0) is 11.5. The minimum atomic E-state index is 0. The number of aromatic amines is 1. The van der Waals surface area contributed by atoms with Crippen molar-refractivity contribution < 1.29 is 6.16 Å². The highest BCUT2D eigenvalue weighted by atomic mass is 16.5. The van der Waals surface area contributed by atoms with Gasteiger partial charge >= 0.3 is 0 Å². The van der Waals surface area contributed by atoms with Crippen LogP contribution in [0.5, 0.6) is 0 Å². The highest BCUT2D eigenvalue weighted by Crippen LogP contribution is 2.29. The lowest BCUT2D eigenvalue weighted by atomic mass is 9.93. The standard InChI is InChI=1S/C12H13NO.C2H6.H2/c1-8-6-14-7-10-4-9-2-3-13-12(9)5-11(8)10;1-2;/h2-5,8,13H,6-7H2,1H3;1-2H3;1H. The Morgan fingerprint density at radius 1 is 1.38 bits per heavy atom. The molecule has 2 aromatic rings. The molecule has 0 spiro atoms. The van der Waals surface area contributed by atoms with E-state index in [4.69, 9.17) is 4.74 Å². The van der Waals surface area contributed by atoms with Gasteiger partial charge < -0.3 is 9.72 Å². The van der Waals surface area contributed by atoms with Crippen molar-refractivity contribution in [3.05, 3.63) is 35.5 Å². The number of benzene rings is 1. The Hall–Kier alpha value is -1.28. The highest BCUT2D eigenvalue weighted by Gasteiger charge is 2.17. The van der Waals surface area contributed by atoms with Crippen molar-refractivity contribution in [1.29, 1.82) is 0 Å². The van der Waals surface area contributed by atoms with Crippen molar-refractivity contribution in [3.63, 3.8) is 0 Å². The molecule has 1 aromatic carbocycles. The molecular formula is C14H21NO. The third kappa shape index (κ3) is 1.85. The summed E-state index contributed by atoms with van der Waals surface area (Å²) < 4.78 is 5.52. The van der Waals surface area contributed by atoms with Crippen molar-refractivity contribution in [2.75, 3.05) is 6.61 Å². The number of fused-ring (bicyclic) bond motifs is 2. The predicted octanol–water partition coefficient (Wildman–Crippen LogP) is 4.07. The maximum absolute atomic E-state index is 5.52. The van der Waals surface area contributed by atoms with Gasteiger partial charge in [-0.3, -0.25) is 0 Å². The molecule has 16 heavy (non-hydrogen) atoms. The second-order valence-electron chi connectivity index (χ2n) is 4.03. The number of nitrogens with one attached hydrogen (secondary N) is 1. The van der Waals surface area contributed by atoms with Gasteiger partial charge in [0.05, 0.1) is 13.2 Å². The normalized spacial score (nSPS) is 18.8. The van der Waals surface area contributed by atoms with E-state index in [1.807, 2.05) is 20.0 Å². The minimum absolute atomic E-state index is 0. The van der Waals surface area contributed by atoms with E-state index in [1.165, 1.54) is 22.0 Å². The average Bonchev–Trinajstić information content (AvgIpc) is 2.77. The molecule has 2 nitrogen and oxygen atoms in total. The zero-order valence-electron chi connectivity index (χ0n) is 10.2. The largest absolute Gasteiger partial charge is 0.376 e. The molecule has 0 radical (unpaired) electrons. The van der Waals surface area contributed by atoms with E-state index in [1.54, 1.807) is 0 Å². The van der Waals surface area contributed by atoms with Gasteiger partial charge in [-0.25, -0.2) is 0 Å². The quantitative estimate of drug-likeness (QED) is 0.709. The van der Waals surface area contributed by atoms with Gasteiger partial charge in [0.2, 0.25) is 0 Å². The molecule has 2 heteroatoms. The first kappa shape index (κ1) is 11.2. The molecule has 88 valence electrons. The van der Waals surface area contributed by atoms with Gasteiger partial charge in [0.25, 0.3) is 0 Å². The van der Waals surface area contributed by atoms with E-state index in [2.05, 4.69) is 30.1 Å². The summed E-state index contributed by atoms with van der Waals surface area (Å²) in [5.41, 5.74) is 4.01. The molecule has 1 aliphatic heterocycles. The van der Waals surface area contributed by atoms with Gasteiger partial charge in [-0.1, -0.05) is 20.8 Å². The van der Waals surface area contributed by atoms with Crippen LogP contribution < -0.4 is 0 Å². The van der Waals surface area contributed by atoms with Crippen molar-refractivity contribution in [2.24, 2.45) is 0 Å². The molecule has 0 bridgehead atoms. The maximum Gasteiger partial charge on any atom is 0.0720 e. The van der Waals surface area contributed by atoms with Crippen LogP contribution in [0.4, 0.5) is 0 Å². The fourth-order valence-electron chi connectivity index (χ4n) is 2.18. The molecule has 1 aliphatic rings. The summed E-state index contributed by atoms with van der Waals surface area (Å²) in [6, 6.07) is 6.60. The average molecular weight is 219 g/mol. The molecule has 0 saturated carbocycles. The van der Waals surface area contributed by atoms with Crippen LogP contribution in [-0.4, -0.2) is 11.6 Å². The molecule has 2 heterocycles. The lowest BCUT2D eigenvalue weighted by Crippen LogP contribution is -2.13. The third-order valence-corrected chi connectivity index (χ3v) is 2.97. The van der Waals surface area contributed by atoms with Crippen LogP contribution in [0.25, 0.3) is 10.9 Å². The predicted molar refractivity (Wildman–Crippen MR) is 69.8 cm³/mol. The summed E-state index contributed by atoms with van der Waals surface area (Å²) in [4.78, 5) is 3.25. The van der Waals surface area contributed by atoms with Crippen molar-refractivity contribution in [1.82, 2.24) is 4.98 Å². The van der Waals surface area contributed by atoms with Crippen molar-refractivity contribution in [3.8, 4) is 0 Å². The molecule has 1 N–H and O–H groups in total. The van der Waals surface area contributed by atoms with Crippen LogP contribution in [0.3, 0.4) is 0 Å². The second kappa shape index (κ2) is 4.71. The first-order chi connectivity index (χ1) is 7.84. The van der Waals surface area contributed by atoms with Crippen LogP contribution in [0, 0.1) is 0 Å². The second-order valence-corrected chi connectivity index (χ2v) is 4.03. The third-order valence-electron chi connectivity index (χ3n) is 2.97. The maximum atomic E-state index is 5.52. The summed E-state index contributed by atoms with van der Waals surface area (Å²) in [7, 11) is 0. The van der Waals surface area contributed by atoms with Crippen LogP contribution >= 0.6 is 0 Å². The molecule has 0 saturated heterocycles. The van der Waals surface area contributed by atoms with E-state index in [0.29, 0.717) is 5.92 Å². The molecule has 1 unspecified atom stereocenters. The highest BCUT2D eigenvalue weighted by molar-refractivity contribution is 5.81. The number of hydrogen-bond acceptors (Lipinski definition) is 1. The van der Waals surface area contributed by atoms with Crippen LogP contribution in [0.15, 0.2) is 24.4 Å². The van der Waals surface area contributed by atoms with E-state index >= 15 is 0 Å². The fraction of sp³-hybridized carbons (Fsp3) is 0.429. The fourth-order valence-corrected chi connectivity index (χ4v) is 2.18. The summed E-state index contributed by atoms with van der Waals surface area (Å²) in [6.45, 7) is 7.83. The topological polar surface area (TPSA) is 25.0 Å². The van der Waals surface area contributed by atoms with E-state index in [-0.39, 0.29) is 1.43 Å². The number of rotatable bonds is 0. The SMILES string of the molecule is CC.CC1COCc2cc3cc[nH]c3cc21.[HH]. The van der Waals surface area contributed by atoms with Gasteiger partial charge in [0.1, 0.15) is 0 Å². The monoisotopic (exact) mass is 219 g/mol. The smallest absolute Gasteiger partial charge is 0.0720 e. The summed E-state index contributed by atoms with van der Waals surface area (Å²) in [6.07, 6.45) is 1.99. The number of ether oxygens (including phenoxy) is 1. The van der Waals surface area contributed by atoms with Gasteiger partial charge in [-0.15, -0.1) is 0 Å². The summed E-state index contributed by atoms with van der Waals surface area (Å²) in [5.74, 6) is 0.520. The Balaban J connectivity index is 0.000000459. The van der Waals surface area contributed by atoms with Gasteiger partial charge in [0, 0.05) is 19.1 Å². The first-order valence-corrected chi connectivity index (χ1v) is 6.02. The Labute approximate surface area is 98.1 Å². The number of hydrogen-bond donors (Lipinski definition) is 1. The summed E-state index contributed by atoms with van der Waals surface area (Å²) >= 11 is 0. The van der Waals surface area contributed by atoms with Crippen molar-refractivity contribution >= 4 is 10.9 Å². The van der Waals surface area contributed by atoms with Gasteiger partial charge in [0.15, 0.2) is 0 Å². The van der Waals surface area contributed by atoms with E-state index in [9.17, 15) is 0 Å². The van der Waals surface area contributed by atoms with Crippen LogP contribution in [0.1, 0.15) is 39.2 Å². The van der Waals surface area contributed by atoms with E-state index < -0.39 is 0 Å². The van der Waals surface area contributed by atoms with Gasteiger partial charge in [-0.2, -0.15) is 0 Å². The molecule has 1 atom stereocenters. The lowest BCUT2D eigenvalue weighted by Gasteiger charge is -2.22. The lowest BCUT2D eigenvalue weighted by molar-refractivity contribution is 0.0952. The zero-order valence-corrected chi connectivity index (χ0v) is 10.2. The van der Waals surface area contributed by atoms with Gasteiger partial charge in [-0.05, 0) is 34.7 Å².